The van der Waals surface area contributed by atoms with Gasteiger partial charge in [0.1, 0.15) is 11.5 Å². The second-order valence-electron chi connectivity index (χ2n) is 3.96. The van der Waals surface area contributed by atoms with Gasteiger partial charge in [0.15, 0.2) is 5.78 Å². The molecule has 0 amide bonds. The summed E-state index contributed by atoms with van der Waals surface area (Å²) in [6.07, 6.45) is 2.98. The summed E-state index contributed by atoms with van der Waals surface area (Å²) < 4.78 is 5.14. The number of phenolic OH excluding ortho intramolecular Hbond substituents is 1. The molecule has 0 aliphatic rings. The normalized spacial score (nSPS) is 10.6. The number of hydrogen-bond acceptors (Lipinski definition) is 3. The van der Waals surface area contributed by atoms with Crippen LogP contribution in [0.4, 0.5) is 0 Å². The van der Waals surface area contributed by atoms with Crippen molar-refractivity contribution >= 4 is 11.9 Å². The Morgan fingerprint density at radius 3 is 2.53 bits per heavy atom. The fourth-order valence-electron chi connectivity index (χ4n) is 1.74. The van der Waals surface area contributed by atoms with E-state index in [1.165, 1.54) is 13.2 Å². The van der Waals surface area contributed by atoms with E-state index in [1.807, 2.05) is 18.2 Å². The van der Waals surface area contributed by atoms with Gasteiger partial charge >= 0.3 is 0 Å². The van der Waals surface area contributed by atoms with Crippen LogP contribution in [0.25, 0.3) is 6.08 Å². The van der Waals surface area contributed by atoms with E-state index in [-0.39, 0.29) is 11.5 Å². The Morgan fingerprint density at radius 1 is 1.11 bits per heavy atom. The minimum absolute atomic E-state index is 0.0801. The number of aromatic hydroxyl groups is 1. The van der Waals surface area contributed by atoms with Gasteiger partial charge < -0.3 is 9.84 Å². The lowest BCUT2D eigenvalue weighted by Crippen LogP contribution is -1.93. The first-order valence-electron chi connectivity index (χ1n) is 5.86. The summed E-state index contributed by atoms with van der Waals surface area (Å²) in [5.41, 5.74) is 1.10. The molecule has 0 radical (unpaired) electrons. The summed E-state index contributed by atoms with van der Waals surface area (Å²) in [6.45, 7) is 0. The molecule has 0 aliphatic carbocycles. The Hall–Kier alpha value is -2.55. The van der Waals surface area contributed by atoms with Crippen LogP contribution in [0.3, 0.4) is 0 Å². The number of methoxy groups -OCH3 is 1. The topological polar surface area (TPSA) is 46.5 Å². The molecule has 0 spiro atoms. The number of hydrogen-bond donors (Lipinski definition) is 1. The summed E-state index contributed by atoms with van der Waals surface area (Å²) in [4.78, 5) is 11.9. The highest BCUT2D eigenvalue weighted by Gasteiger charge is 2.06. The number of rotatable bonds is 4. The molecule has 0 saturated heterocycles. The smallest absolute Gasteiger partial charge is 0.185 e. The standard InChI is InChI=1S/C16H14O3/c1-19-16-9-5-8-15(18)13(16)10-11-14(17)12-6-3-2-4-7-12/h2-11,18H,1H3/b11-10+. The van der Waals surface area contributed by atoms with Crippen molar-refractivity contribution in [3.05, 3.63) is 65.7 Å². The Kier molecular flexibility index (Phi) is 3.98. The maximum atomic E-state index is 11.9. The maximum Gasteiger partial charge on any atom is 0.185 e. The van der Waals surface area contributed by atoms with E-state index < -0.39 is 0 Å². The predicted octanol–water partition coefficient (Wildman–Crippen LogP) is 3.30. The number of carbonyl (C=O) groups excluding carboxylic acids is 1. The maximum absolute atomic E-state index is 11.9. The van der Waals surface area contributed by atoms with Crippen molar-refractivity contribution in [1.82, 2.24) is 0 Å². The van der Waals surface area contributed by atoms with Gasteiger partial charge in [0, 0.05) is 5.56 Å². The minimum Gasteiger partial charge on any atom is -0.507 e. The zero-order valence-corrected chi connectivity index (χ0v) is 10.5. The van der Waals surface area contributed by atoms with Crippen molar-refractivity contribution in [3.63, 3.8) is 0 Å². The third-order valence-corrected chi connectivity index (χ3v) is 2.72. The van der Waals surface area contributed by atoms with Crippen LogP contribution in [0.15, 0.2) is 54.6 Å². The van der Waals surface area contributed by atoms with E-state index >= 15 is 0 Å². The fraction of sp³-hybridized carbons (Fsp3) is 0.0625. The third kappa shape index (κ3) is 3.01. The predicted molar refractivity (Wildman–Crippen MR) is 74.5 cm³/mol. The molecular formula is C16H14O3. The van der Waals surface area contributed by atoms with Gasteiger partial charge in [-0.15, -0.1) is 0 Å². The minimum atomic E-state index is -0.120. The van der Waals surface area contributed by atoms with E-state index in [0.29, 0.717) is 16.9 Å². The molecule has 0 atom stereocenters. The Labute approximate surface area is 111 Å². The molecule has 3 nitrogen and oxygen atoms in total. The van der Waals surface area contributed by atoms with Gasteiger partial charge in [0.25, 0.3) is 0 Å². The summed E-state index contributed by atoms with van der Waals surface area (Å²) in [6, 6.07) is 13.9. The first-order valence-corrected chi connectivity index (χ1v) is 5.86. The van der Waals surface area contributed by atoms with E-state index in [0.717, 1.165) is 0 Å². The van der Waals surface area contributed by atoms with Crippen molar-refractivity contribution in [2.24, 2.45) is 0 Å². The second kappa shape index (κ2) is 5.87. The molecule has 0 heterocycles. The lowest BCUT2D eigenvalue weighted by Gasteiger charge is -2.06. The van der Waals surface area contributed by atoms with E-state index in [4.69, 9.17) is 4.74 Å². The number of ether oxygens (including phenoxy) is 1. The Bertz CT molecular complexity index is 601. The Balaban J connectivity index is 2.26. The summed E-state index contributed by atoms with van der Waals surface area (Å²) in [7, 11) is 1.52. The fourth-order valence-corrected chi connectivity index (χ4v) is 1.74. The average molecular weight is 254 g/mol. The molecule has 0 fully saturated rings. The van der Waals surface area contributed by atoms with E-state index in [1.54, 1.807) is 36.4 Å². The number of phenols is 1. The summed E-state index contributed by atoms with van der Waals surface area (Å²) >= 11 is 0. The second-order valence-corrected chi connectivity index (χ2v) is 3.96. The molecule has 0 aromatic heterocycles. The quantitative estimate of drug-likeness (QED) is 0.672. The van der Waals surface area contributed by atoms with Crippen LogP contribution >= 0.6 is 0 Å². The number of allylic oxidation sites excluding steroid dienone is 1. The number of carbonyl (C=O) groups is 1. The molecule has 2 aromatic rings. The molecular weight excluding hydrogens is 240 g/mol. The van der Waals surface area contributed by atoms with Crippen LogP contribution in [-0.4, -0.2) is 18.0 Å². The highest BCUT2D eigenvalue weighted by Crippen LogP contribution is 2.28. The van der Waals surface area contributed by atoms with Gasteiger partial charge in [-0.3, -0.25) is 4.79 Å². The molecule has 1 N–H and O–H groups in total. The SMILES string of the molecule is COc1cccc(O)c1/C=C/C(=O)c1ccccc1. The van der Waals surface area contributed by atoms with Crippen LogP contribution in [0, 0.1) is 0 Å². The largest absolute Gasteiger partial charge is 0.507 e. The molecule has 2 rings (SSSR count). The number of benzene rings is 2. The van der Waals surface area contributed by atoms with Gasteiger partial charge in [-0.2, -0.15) is 0 Å². The zero-order chi connectivity index (χ0) is 13.7. The van der Waals surface area contributed by atoms with Crippen LogP contribution in [0.2, 0.25) is 0 Å². The van der Waals surface area contributed by atoms with Crippen LogP contribution < -0.4 is 4.74 Å². The molecule has 2 aromatic carbocycles. The van der Waals surface area contributed by atoms with Crippen molar-refractivity contribution in [2.45, 2.75) is 0 Å². The van der Waals surface area contributed by atoms with Crippen molar-refractivity contribution < 1.29 is 14.6 Å². The van der Waals surface area contributed by atoms with Gasteiger partial charge in [0.05, 0.1) is 12.7 Å². The van der Waals surface area contributed by atoms with Gasteiger partial charge in [-0.05, 0) is 24.3 Å². The lowest BCUT2D eigenvalue weighted by atomic mass is 10.1. The first-order chi connectivity index (χ1) is 9.22. The first kappa shape index (κ1) is 12.9. The summed E-state index contributed by atoms with van der Waals surface area (Å²) in [5, 5.41) is 9.76. The average Bonchev–Trinajstić information content (AvgIpc) is 2.46. The molecule has 0 bridgehead atoms. The number of ketones is 1. The van der Waals surface area contributed by atoms with Crippen molar-refractivity contribution in [2.75, 3.05) is 7.11 Å². The van der Waals surface area contributed by atoms with Crippen molar-refractivity contribution in [3.8, 4) is 11.5 Å². The zero-order valence-electron chi connectivity index (χ0n) is 10.5. The van der Waals surface area contributed by atoms with E-state index in [2.05, 4.69) is 0 Å². The van der Waals surface area contributed by atoms with Crippen LogP contribution in [0.5, 0.6) is 11.5 Å². The molecule has 0 aliphatic heterocycles. The van der Waals surface area contributed by atoms with Gasteiger partial charge in [-0.25, -0.2) is 0 Å². The molecule has 0 unspecified atom stereocenters. The van der Waals surface area contributed by atoms with Crippen molar-refractivity contribution in [1.29, 1.82) is 0 Å². The van der Waals surface area contributed by atoms with E-state index in [9.17, 15) is 9.90 Å². The summed E-state index contributed by atoms with van der Waals surface area (Å²) in [5.74, 6) is 0.486. The molecule has 0 saturated carbocycles. The molecule has 3 heteroatoms. The van der Waals surface area contributed by atoms with Gasteiger partial charge in [0.2, 0.25) is 0 Å². The van der Waals surface area contributed by atoms with Crippen LogP contribution in [0.1, 0.15) is 15.9 Å². The van der Waals surface area contributed by atoms with Crippen LogP contribution in [-0.2, 0) is 0 Å². The molecule has 96 valence electrons. The lowest BCUT2D eigenvalue weighted by molar-refractivity contribution is 0.104. The molecule has 19 heavy (non-hydrogen) atoms. The Morgan fingerprint density at radius 2 is 1.84 bits per heavy atom. The highest BCUT2D eigenvalue weighted by molar-refractivity contribution is 6.07. The highest BCUT2D eigenvalue weighted by atomic mass is 16.5. The third-order valence-electron chi connectivity index (χ3n) is 2.72. The van der Waals surface area contributed by atoms with Gasteiger partial charge in [-0.1, -0.05) is 36.4 Å². The monoisotopic (exact) mass is 254 g/mol.